The standard InChI is InChI=1S/C19H32BrN/c1-3-4-5-6-7-8-9-10-12-18(16-21-2)17-13-11-14-19(20)15-17/h11,13-15,18,21H,3-10,12,16H2,1-2H3. The highest BCUT2D eigenvalue weighted by Gasteiger charge is 2.10. The van der Waals surface area contributed by atoms with E-state index in [-0.39, 0.29) is 0 Å². The maximum atomic E-state index is 3.58. The fourth-order valence-electron chi connectivity index (χ4n) is 2.92. The van der Waals surface area contributed by atoms with E-state index in [0.717, 1.165) is 6.54 Å². The van der Waals surface area contributed by atoms with E-state index < -0.39 is 0 Å². The highest BCUT2D eigenvalue weighted by molar-refractivity contribution is 9.10. The van der Waals surface area contributed by atoms with Gasteiger partial charge in [-0.3, -0.25) is 0 Å². The molecule has 0 fully saturated rings. The van der Waals surface area contributed by atoms with Gasteiger partial charge in [0, 0.05) is 11.0 Å². The van der Waals surface area contributed by atoms with Crippen LogP contribution in [-0.2, 0) is 0 Å². The highest BCUT2D eigenvalue weighted by atomic mass is 79.9. The summed E-state index contributed by atoms with van der Waals surface area (Å²) in [7, 11) is 2.05. The Labute approximate surface area is 140 Å². The van der Waals surface area contributed by atoms with Crippen LogP contribution >= 0.6 is 15.9 Å². The van der Waals surface area contributed by atoms with E-state index in [9.17, 15) is 0 Å². The lowest BCUT2D eigenvalue weighted by Gasteiger charge is -2.17. The molecule has 0 bridgehead atoms. The summed E-state index contributed by atoms with van der Waals surface area (Å²) in [5.41, 5.74) is 1.46. The van der Waals surface area contributed by atoms with Gasteiger partial charge in [0.2, 0.25) is 0 Å². The van der Waals surface area contributed by atoms with Gasteiger partial charge >= 0.3 is 0 Å². The van der Waals surface area contributed by atoms with Crippen molar-refractivity contribution < 1.29 is 0 Å². The van der Waals surface area contributed by atoms with E-state index in [1.807, 2.05) is 0 Å². The van der Waals surface area contributed by atoms with Crippen LogP contribution in [0.25, 0.3) is 0 Å². The van der Waals surface area contributed by atoms with Gasteiger partial charge in [0.05, 0.1) is 0 Å². The third-order valence-electron chi connectivity index (χ3n) is 4.18. The summed E-state index contributed by atoms with van der Waals surface area (Å²) in [4.78, 5) is 0. The largest absolute Gasteiger partial charge is 0.319 e. The minimum Gasteiger partial charge on any atom is -0.319 e. The number of likely N-dealkylation sites (N-methyl/N-ethyl adjacent to an activating group) is 1. The van der Waals surface area contributed by atoms with Crippen LogP contribution in [0.5, 0.6) is 0 Å². The van der Waals surface area contributed by atoms with Gasteiger partial charge in [0.25, 0.3) is 0 Å². The highest BCUT2D eigenvalue weighted by Crippen LogP contribution is 2.25. The van der Waals surface area contributed by atoms with E-state index in [1.165, 1.54) is 67.8 Å². The Morgan fingerprint density at radius 3 is 2.29 bits per heavy atom. The number of hydrogen-bond acceptors (Lipinski definition) is 1. The van der Waals surface area contributed by atoms with Gasteiger partial charge in [-0.05, 0) is 37.1 Å². The Balaban J connectivity index is 2.23. The van der Waals surface area contributed by atoms with Crippen LogP contribution in [0.1, 0.15) is 76.2 Å². The van der Waals surface area contributed by atoms with Crippen molar-refractivity contribution in [3.63, 3.8) is 0 Å². The summed E-state index contributed by atoms with van der Waals surface area (Å²) < 4.78 is 1.19. The first-order chi connectivity index (χ1) is 10.3. The zero-order valence-electron chi connectivity index (χ0n) is 13.8. The molecule has 0 saturated heterocycles. The minimum atomic E-state index is 0.646. The van der Waals surface area contributed by atoms with Gasteiger partial charge in [-0.25, -0.2) is 0 Å². The molecule has 1 atom stereocenters. The number of hydrogen-bond donors (Lipinski definition) is 1. The average molecular weight is 354 g/mol. The normalized spacial score (nSPS) is 12.5. The molecule has 2 heteroatoms. The molecule has 0 radical (unpaired) electrons. The Morgan fingerprint density at radius 2 is 1.67 bits per heavy atom. The van der Waals surface area contributed by atoms with Gasteiger partial charge in [0.15, 0.2) is 0 Å². The lowest BCUT2D eigenvalue weighted by molar-refractivity contribution is 0.516. The molecule has 1 N–H and O–H groups in total. The van der Waals surface area contributed by atoms with Crippen molar-refractivity contribution in [2.75, 3.05) is 13.6 Å². The third-order valence-corrected chi connectivity index (χ3v) is 4.67. The van der Waals surface area contributed by atoms with Crippen molar-refractivity contribution in [1.29, 1.82) is 0 Å². The van der Waals surface area contributed by atoms with E-state index in [1.54, 1.807) is 0 Å². The lowest BCUT2D eigenvalue weighted by atomic mass is 9.93. The molecule has 0 saturated carbocycles. The van der Waals surface area contributed by atoms with Crippen molar-refractivity contribution in [1.82, 2.24) is 5.32 Å². The third kappa shape index (κ3) is 8.63. The first-order valence-electron chi connectivity index (χ1n) is 8.68. The van der Waals surface area contributed by atoms with Crippen molar-refractivity contribution in [2.45, 2.75) is 70.6 Å². The molecule has 0 amide bonds. The van der Waals surface area contributed by atoms with E-state index >= 15 is 0 Å². The maximum absolute atomic E-state index is 3.58. The summed E-state index contributed by atoms with van der Waals surface area (Å²) in [5, 5.41) is 3.35. The van der Waals surface area contributed by atoms with Gasteiger partial charge in [0.1, 0.15) is 0 Å². The number of benzene rings is 1. The molecule has 1 unspecified atom stereocenters. The summed E-state index contributed by atoms with van der Waals surface area (Å²) >= 11 is 3.58. The predicted octanol–water partition coefficient (Wildman–Crippen LogP) is 6.28. The minimum absolute atomic E-state index is 0.646. The van der Waals surface area contributed by atoms with E-state index in [0.29, 0.717) is 5.92 Å². The van der Waals surface area contributed by atoms with E-state index in [2.05, 4.69) is 59.5 Å². The summed E-state index contributed by atoms with van der Waals surface area (Å²) in [6, 6.07) is 8.79. The van der Waals surface area contributed by atoms with Crippen LogP contribution < -0.4 is 5.32 Å². The Bertz CT molecular complexity index is 364. The summed E-state index contributed by atoms with van der Waals surface area (Å²) in [6.45, 7) is 3.36. The first-order valence-corrected chi connectivity index (χ1v) is 9.47. The second-order valence-electron chi connectivity index (χ2n) is 6.07. The van der Waals surface area contributed by atoms with Gasteiger partial charge in [-0.2, -0.15) is 0 Å². The molecule has 0 heterocycles. The van der Waals surface area contributed by atoms with Crippen LogP contribution in [0, 0.1) is 0 Å². The first kappa shape index (κ1) is 18.7. The molecule has 0 spiro atoms. The number of rotatable bonds is 12. The quantitative estimate of drug-likeness (QED) is 0.435. The zero-order chi connectivity index (χ0) is 15.3. The van der Waals surface area contributed by atoms with Crippen LogP contribution in [-0.4, -0.2) is 13.6 Å². The van der Waals surface area contributed by atoms with Crippen LogP contribution in [0.3, 0.4) is 0 Å². The molecular weight excluding hydrogens is 322 g/mol. The van der Waals surface area contributed by atoms with Crippen LogP contribution in [0.15, 0.2) is 28.7 Å². The zero-order valence-corrected chi connectivity index (χ0v) is 15.4. The molecule has 0 aliphatic heterocycles. The molecule has 1 aromatic rings. The number of unbranched alkanes of at least 4 members (excludes halogenated alkanes) is 7. The second kappa shape index (κ2) is 12.2. The molecule has 1 rings (SSSR count). The Morgan fingerprint density at radius 1 is 1.00 bits per heavy atom. The van der Waals surface area contributed by atoms with Crippen molar-refractivity contribution in [2.24, 2.45) is 0 Å². The van der Waals surface area contributed by atoms with Crippen molar-refractivity contribution >= 4 is 15.9 Å². The SMILES string of the molecule is CCCCCCCCCCC(CNC)c1cccc(Br)c1. The molecule has 0 aliphatic rings. The smallest absolute Gasteiger partial charge is 0.0178 e. The molecule has 1 nitrogen and oxygen atoms in total. The van der Waals surface area contributed by atoms with Crippen LogP contribution in [0.2, 0.25) is 0 Å². The Kier molecular flexibility index (Phi) is 10.9. The van der Waals surface area contributed by atoms with Gasteiger partial charge in [-0.1, -0.05) is 86.4 Å². The van der Waals surface area contributed by atoms with E-state index in [4.69, 9.17) is 0 Å². The molecule has 21 heavy (non-hydrogen) atoms. The van der Waals surface area contributed by atoms with Gasteiger partial charge in [-0.15, -0.1) is 0 Å². The summed E-state index contributed by atoms with van der Waals surface area (Å²) in [6.07, 6.45) is 12.5. The maximum Gasteiger partial charge on any atom is 0.0178 e. The fourth-order valence-corrected chi connectivity index (χ4v) is 3.34. The average Bonchev–Trinajstić information content (AvgIpc) is 2.49. The molecular formula is C19H32BrN. The topological polar surface area (TPSA) is 12.0 Å². The predicted molar refractivity (Wildman–Crippen MR) is 98.0 cm³/mol. The molecule has 0 aliphatic carbocycles. The lowest BCUT2D eigenvalue weighted by Crippen LogP contribution is -2.17. The fraction of sp³-hybridized carbons (Fsp3) is 0.684. The molecule has 0 aromatic heterocycles. The molecule has 120 valence electrons. The monoisotopic (exact) mass is 353 g/mol. The number of halogens is 1. The molecule has 1 aromatic carbocycles. The van der Waals surface area contributed by atoms with Crippen molar-refractivity contribution in [3.05, 3.63) is 34.3 Å². The van der Waals surface area contributed by atoms with Crippen LogP contribution in [0.4, 0.5) is 0 Å². The Hall–Kier alpha value is -0.340. The van der Waals surface area contributed by atoms with Gasteiger partial charge < -0.3 is 5.32 Å². The number of nitrogens with one attached hydrogen (secondary N) is 1. The van der Waals surface area contributed by atoms with Crippen molar-refractivity contribution in [3.8, 4) is 0 Å². The summed E-state index contributed by atoms with van der Waals surface area (Å²) in [5.74, 6) is 0.646. The second-order valence-corrected chi connectivity index (χ2v) is 6.99.